The second-order valence-corrected chi connectivity index (χ2v) is 6.26. The molecule has 1 saturated heterocycles. The van der Waals surface area contributed by atoms with Crippen LogP contribution >= 0.6 is 20.0 Å². The molecule has 0 bridgehead atoms. The van der Waals surface area contributed by atoms with E-state index < -0.39 is 38.6 Å². The molecule has 2 rings (SSSR count). The SMILES string of the molecule is Cc1cn([C@H]2C[C@H](OP(=O)(O)O)[C@@H](CO)O2)c(=O)[nH]c1=S. The fourth-order valence-electron chi connectivity index (χ4n) is 2.12. The summed E-state index contributed by atoms with van der Waals surface area (Å²) in [6.45, 7) is 1.22. The molecule has 118 valence electrons. The number of aromatic nitrogens is 2. The van der Waals surface area contributed by atoms with Crippen molar-refractivity contribution in [3.8, 4) is 0 Å². The molecule has 0 aliphatic carbocycles. The maximum absolute atomic E-state index is 11.9. The quantitative estimate of drug-likeness (QED) is 0.444. The first-order chi connectivity index (χ1) is 9.71. The highest BCUT2D eigenvalue weighted by Gasteiger charge is 2.40. The Bertz CT molecular complexity index is 681. The summed E-state index contributed by atoms with van der Waals surface area (Å²) in [5, 5.41) is 9.20. The number of aliphatic hydroxyl groups excluding tert-OH is 1. The highest BCUT2D eigenvalue weighted by molar-refractivity contribution is 7.71. The molecule has 0 aromatic carbocycles. The summed E-state index contributed by atoms with van der Waals surface area (Å²) < 4.78 is 22.4. The lowest BCUT2D eigenvalue weighted by Crippen LogP contribution is -2.28. The van der Waals surface area contributed by atoms with Crippen molar-refractivity contribution in [2.45, 2.75) is 31.8 Å². The van der Waals surface area contributed by atoms with Gasteiger partial charge in [0.05, 0.1) is 6.61 Å². The number of nitrogens with one attached hydrogen (secondary N) is 1. The number of nitrogens with zero attached hydrogens (tertiary/aromatic N) is 1. The minimum Gasteiger partial charge on any atom is -0.394 e. The zero-order valence-corrected chi connectivity index (χ0v) is 12.7. The van der Waals surface area contributed by atoms with Gasteiger partial charge in [-0.2, -0.15) is 0 Å². The molecule has 1 aromatic heterocycles. The molecule has 9 nitrogen and oxygen atoms in total. The zero-order valence-electron chi connectivity index (χ0n) is 11.0. The van der Waals surface area contributed by atoms with Crippen LogP contribution in [0.1, 0.15) is 18.2 Å². The predicted molar refractivity (Wildman–Crippen MR) is 73.2 cm³/mol. The van der Waals surface area contributed by atoms with E-state index >= 15 is 0 Å². The molecule has 0 spiro atoms. The zero-order chi connectivity index (χ0) is 15.8. The lowest BCUT2D eigenvalue weighted by molar-refractivity contribution is -0.0453. The monoisotopic (exact) mass is 338 g/mol. The standard InChI is InChI=1S/C10H15N2O7PS/c1-5-3-12(10(14)11-9(5)21)8-2-6(7(4-13)18-8)19-20(15,16)17/h3,6-8,13H,2,4H2,1H3,(H,11,14,21)(H2,15,16,17)/t6-,7+,8+/m0/s1. The van der Waals surface area contributed by atoms with Crippen LogP contribution in [-0.2, 0) is 13.8 Å². The fourth-order valence-corrected chi connectivity index (χ4v) is 2.84. The lowest BCUT2D eigenvalue weighted by atomic mass is 10.2. The van der Waals surface area contributed by atoms with Crippen LogP contribution in [0.5, 0.6) is 0 Å². The van der Waals surface area contributed by atoms with Crippen molar-refractivity contribution in [1.82, 2.24) is 9.55 Å². The van der Waals surface area contributed by atoms with Gasteiger partial charge >= 0.3 is 13.5 Å². The Morgan fingerprint density at radius 1 is 1.62 bits per heavy atom. The van der Waals surface area contributed by atoms with E-state index in [4.69, 9.17) is 26.7 Å². The molecule has 3 atom stereocenters. The van der Waals surface area contributed by atoms with Gasteiger partial charge in [-0.1, -0.05) is 12.2 Å². The molecule has 2 heterocycles. The van der Waals surface area contributed by atoms with Crippen LogP contribution in [0.15, 0.2) is 11.0 Å². The smallest absolute Gasteiger partial charge is 0.394 e. The maximum Gasteiger partial charge on any atom is 0.469 e. The first-order valence-corrected chi connectivity index (χ1v) is 7.97. The number of H-pyrrole nitrogens is 1. The third kappa shape index (κ3) is 3.86. The minimum absolute atomic E-state index is 0.0142. The van der Waals surface area contributed by atoms with Crippen molar-refractivity contribution >= 4 is 20.0 Å². The first-order valence-electron chi connectivity index (χ1n) is 6.03. The van der Waals surface area contributed by atoms with E-state index in [-0.39, 0.29) is 6.42 Å². The molecule has 1 fully saturated rings. The number of aryl methyl sites for hydroxylation is 1. The van der Waals surface area contributed by atoms with Crippen LogP contribution in [0.25, 0.3) is 0 Å². The molecule has 21 heavy (non-hydrogen) atoms. The maximum atomic E-state index is 11.9. The van der Waals surface area contributed by atoms with Gasteiger partial charge in [-0.3, -0.25) is 14.1 Å². The van der Waals surface area contributed by atoms with E-state index in [9.17, 15) is 14.5 Å². The van der Waals surface area contributed by atoms with Crippen LogP contribution < -0.4 is 5.69 Å². The number of hydrogen-bond donors (Lipinski definition) is 4. The Morgan fingerprint density at radius 2 is 2.29 bits per heavy atom. The van der Waals surface area contributed by atoms with Crippen molar-refractivity contribution in [2.24, 2.45) is 0 Å². The Balaban J connectivity index is 2.27. The number of aromatic amines is 1. The summed E-state index contributed by atoms with van der Waals surface area (Å²) in [7, 11) is -4.72. The molecule has 11 heteroatoms. The lowest BCUT2D eigenvalue weighted by Gasteiger charge is -2.16. The molecule has 0 unspecified atom stereocenters. The Hall–Kier alpha value is -0.870. The molecular weight excluding hydrogens is 323 g/mol. The number of phosphoric acid groups is 1. The van der Waals surface area contributed by atoms with Gasteiger partial charge in [0.1, 0.15) is 23.1 Å². The van der Waals surface area contributed by atoms with Gasteiger partial charge in [0, 0.05) is 18.2 Å². The Labute approximate surface area is 124 Å². The van der Waals surface area contributed by atoms with Crippen molar-refractivity contribution in [2.75, 3.05) is 6.61 Å². The van der Waals surface area contributed by atoms with Gasteiger partial charge in [-0.15, -0.1) is 0 Å². The minimum atomic E-state index is -4.72. The van der Waals surface area contributed by atoms with Crippen LogP contribution in [0.3, 0.4) is 0 Å². The first kappa shape index (κ1) is 16.5. The van der Waals surface area contributed by atoms with Gasteiger partial charge in [0.15, 0.2) is 0 Å². The number of rotatable bonds is 4. The molecule has 1 aromatic rings. The molecular formula is C10H15N2O7PS. The van der Waals surface area contributed by atoms with Crippen LogP contribution in [0.2, 0.25) is 0 Å². The topological polar surface area (TPSA) is 134 Å². The average molecular weight is 338 g/mol. The van der Waals surface area contributed by atoms with Crippen molar-refractivity contribution in [3.63, 3.8) is 0 Å². The van der Waals surface area contributed by atoms with Crippen LogP contribution in [0, 0.1) is 11.6 Å². The van der Waals surface area contributed by atoms with Gasteiger partial charge in [0.25, 0.3) is 0 Å². The summed E-state index contributed by atoms with van der Waals surface area (Å²) in [4.78, 5) is 32.0. The van der Waals surface area contributed by atoms with Gasteiger partial charge < -0.3 is 19.6 Å². The molecule has 4 N–H and O–H groups in total. The second-order valence-electron chi connectivity index (χ2n) is 4.66. The Kier molecular flexibility index (Phi) is 4.79. The second kappa shape index (κ2) is 6.09. The molecule has 0 amide bonds. The van der Waals surface area contributed by atoms with Crippen molar-refractivity contribution in [3.05, 3.63) is 26.9 Å². The van der Waals surface area contributed by atoms with Crippen molar-refractivity contribution in [1.29, 1.82) is 0 Å². The molecule has 0 radical (unpaired) electrons. The summed E-state index contributed by atoms with van der Waals surface area (Å²) in [5.74, 6) is 0. The van der Waals surface area contributed by atoms with E-state index in [1.54, 1.807) is 6.92 Å². The van der Waals surface area contributed by atoms with Gasteiger partial charge in [-0.25, -0.2) is 9.36 Å². The summed E-state index contributed by atoms with van der Waals surface area (Å²) >= 11 is 4.94. The van der Waals surface area contributed by atoms with E-state index in [0.717, 1.165) is 0 Å². The molecule has 1 aliphatic heterocycles. The number of hydrogen-bond acceptors (Lipinski definition) is 6. The normalized spacial score (nSPS) is 26.2. The highest BCUT2D eigenvalue weighted by atomic mass is 32.1. The number of ether oxygens (including phenoxy) is 1. The van der Waals surface area contributed by atoms with Crippen molar-refractivity contribution < 1.29 is 28.7 Å². The number of aliphatic hydroxyl groups is 1. The van der Waals surface area contributed by atoms with Gasteiger partial charge in [-0.05, 0) is 6.92 Å². The molecule has 0 saturated carbocycles. The average Bonchev–Trinajstić information content (AvgIpc) is 2.74. The largest absolute Gasteiger partial charge is 0.469 e. The third-order valence-corrected chi connectivity index (χ3v) is 4.06. The van der Waals surface area contributed by atoms with E-state index in [2.05, 4.69) is 9.51 Å². The highest BCUT2D eigenvalue weighted by Crippen LogP contribution is 2.43. The number of phosphoric ester groups is 1. The van der Waals surface area contributed by atoms with E-state index in [1.165, 1.54) is 10.8 Å². The summed E-state index contributed by atoms with van der Waals surface area (Å²) in [6, 6.07) is 0. The fraction of sp³-hybridized carbons (Fsp3) is 0.600. The van der Waals surface area contributed by atoms with E-state index in [0.29, 0.717) is 10.2 Å². The Morgan fingerprint density at radius 3 is 2.86 bits per heavy atom. The summed E-state index contributed by atoms with van der Waals surface area (Å²) in [6.07, 6.45) is -1.26. The predicted octanol–water partition coefficient (Wildman–Crippen LogP) is -0.0280. The van der Waals surface area contributed by atoms with Crippen LogP contribution in [-0.4, -0.2) is 43.3 Å². The van der Waals surface area contributed by atoms with E-state index in [1.807, 2.05) is 0 Å². The molecule has 1 aliphatic rings. The summed E-state index contributed by atoms with van der Waals surface area (Å²) in [5.41, 5.74) is 0.136. The van der Waals surface area contributed by atoms with Gasteiger partial charge in [0.2, 0.25) is 0 Å². The van der Waals surface area contributed by atoms with Crippen LogP contribution in [0.4, 0.5) is 0 Å². The third-order valence-electron chi connectivity index (χ3n) is 3.09.